The predicted molar refractivity (Wildman–Crippen MR) is 105 cm³/mol. The van der Waals surface area contributed by atoms with Gasteiger partial charge >= 0.3 is 0 Å². The highest BCUT2D eigenvalue weighted by atomic mass is 16.5. The Labute approximate surface area is 166 Å². The van der Waals surface area contributed by atoms with Crippen LogP contribution in [0.4, 0.5) is 0 Å². The lowest BCUT2D eigenvalue weighted by molar-refractivity contribution is -0.124. The van der Waals surface area contributed by atoms with Crippen LogP contribution in [0.3, 0.4) is 0 Å². The van der Waals surface area contributed by atoms with E-state index in [0.717, 1.165) is 44.6 Å². The smallest absolute Gasteiger partial charge is 0.272 e. The summed E-state index contributed by atoms with van der Waals surface area (Å²) in [4.78, 5) is 25.4. The molecular weight excluding hydrogens is 356 g/mol. The molecule has 0 unspecified atom stereocenters. The highest BCUT2D eigenvalue weighted by molar-refractivity contribution is 5.98. The van der Waals surface area contributed by atoms with Crippen LogP contribution in [0.5, 0.6) is 0 Å². The third-order valence-electron chi connectivity index (χ3n) is 6.47. The maximum atomic E-state index is 13.1. The van der Waals surface area contributed by atoms with E-state index in [0.29, 0.717) is 23.4 Å². The topological polar surface area (TPSA) is 85.3 Å². The summed E-state index contributed by atoms with van der Waals surface area (Å²) >= 11 is 0. The van der Waals surface area contributed by atoms with E-state index in [1.54, 1.807) is 7.05 Å². The van der Waals surface area contributed by atoms with Crippen LogP contribution in [0.1, 0.15) is 67.7 Å². The number of ether oxygens (including phenoxy) is 1. The molecule has 0 bridgehead atoms. The van der Waals surface area contributed by atoms with Crippen LogP contribution in [0.2, 0.25) is 0 Å². The zero-order valence-electron chi connectivity index (χ0n) is 17.4. The van der Waals surface area contributed by atoms with Crippen molar-refractivity contribution >= 4 is 11.8 Å². The molecule has 2 heterocycles. The Kier molecular flexibility index (Phi) is 4.98. The van der Waals surface area contributed by atoms with Crippen LogP contribution in [-0.4, -0.2) is 47.9 Å². The zero-order chi connectivity index (χ0) is 20.1. The summed E-state index contributed by atoms with van der Waals surface area (Å²) in [6, 6.07) is -0.600. The molecule has 3 aliphatic rings. The number of aromatic nitrogens is 2. The van der Waals surface area contributed by atoms with E-state index >= 15 is 0 Å². The van der Waals surface area contributed by atoms with E-state index in [1.807, 2.05) is 20.8 Å². The first-order valence-electron chi connectivity index (χ1n) is 10.5. The fourth-order valence-corrected chi connectivity index (χ4v) is 4.71. The highest BCUT2D eigenvalue weighted by Gasteiger charge is 2.50. The normalized spacial score (nSPS) is 25.0. The fraction of sp³-hybridized carbons (Fsp3) is 0.762. The van der Waals surface area contributed by atoms with Gasteiger partial charge in [-0.05, 0) is 42.9 Å². The van der Waals surface area contributed by atoms with Gasteiger partial charge in [-0.15, -0.1) is 0 Å². The quantitative estimate of drug-likeness (QED) is 0.806. The lowest BCUT2D eigenvalue weighted by Gasteiger charge is -2.29. The number of nitrogens with zero attached hydrogens (tertiary/aromatic N) is 2. The summed E-state index contributed by atoms with van der Waals surface area (Å²) in [6.45, 7) is 8.35. The van der Waals surface area contributed by atoms with Gasteiger partial charge in [0, 0.05) is 44.0 Å². The molecule has 1 saturated heterocycles. The lowest BCUT2D eigenvalue weighted by atomic mass is 9.86. The summed E-state index contributed by atoms with van der Waals surface area (Å²) in [6.07, 6.45) is 4.26. The number of likely N-dealkylation sites (N-methyl/N-ethyl adjacent to an activating group) is 1. The van der Waals surface area contributed by atoms with Crippen molar-refractivity contribution in [3.63, 3.8) is 0 Å². The van der Waals surface area contributed by atoms with Gasteiger partial charge in [0.15, 0.2) is 5.69 Å². The van der Waals surface area contributed by atoms with E-state index < -0.39 is 6.04 Å². The SMILES string of the molecule is CNC(=O)[C@@H](NC(=O)c1nn(CC2CCOCC2)c2c1C[C@H]1C[C@@H]21)C(C)(C)C. The maximum Gasteiger partial charge on any atom is 0.272 e. The molecule has 2 amide bonds. The minimum absolute atomic E-state index is 0.179. The summed E-state index contributed by atoms with van der Waals surface area (Å²) in [5, 5.41) is 10.4. The molecule has 1 aromatic heterocycles. The standard InChI is InChI=1S/C21H32N4O3/c1-21(2,3)18(20(27)22-4)23-19(26)16-15-10-13-9-14(13)17(15)25(24-16)11-12-5-7-28-8-6-12/h12-14,18H,5-11H2,1-4H3,(H,22,27)(H,23,26)/t13-,14-,18-/m1/s1. The molecule has 154 valence electrons. The van der Waals surface area contributed by atoms with Gasteiger partial charge in [0.2, 0.25) is 5.91 Å². The highest BCUT2D eigenvalue weighted by Crippen LogP contribution is 2.57. The van der Waals surface area contributed by atoms with Gasteiger partial charge in [-0.3, -0.25) is 14.3 Å². The van der Waals surface area contributed by atoms with Crippen LogP contribution in [0.25, 0.3) is 0 Å². The Morgan fingerprint density at radius 1 is 1.29 bits per heavy atom. The van der Waals surface area contributed by atoms with Crippen molar-refractivity contribution in [2.45, 2.75) is 65.0 Å². The molecule has 1 aliphatic heterocycles. The van der Waals surface area contributed by atoms with Crippen molar-refractivity contribution in [3.8, 4) is 0 Å². The largest absolute Gasteiger partial charge is 0.381 e. The first-order valence-corrected chi connectivity index (χ1v) is 10.5. The number of rotatable bonds is 5. The zero-order valence-corrected chi connectivity index (χ0v) is 17.4. The van der Waals surface area contributed by atoms with Gasteiger partial charge in [0.1, 0.15) is 6.04 Å². The number of hydrogen-bond donors (Lipinski definition) is 2. The molecule has 0 aromatic carbocycles. The number of nitrogens with one attached hydrogen (secondary N) is 2. The molecule has 2 fully saturated rings. The van der Waals surface area contributed by atoms with Gasteiger partial charge in [-0.1, -0.05) is 20.8 Å². The van der Waals surface area contributed by atoms with E-state index in [1.165, 1.54) is 12.1 Å². The molecule has 2 aliphatic carbocycles. The average molecular weight is 389 g/mol. The summed E-state index contributed by atoms with van der Waals surface area (Å²) in [5.41, 5.74) is 2.52. The van der Waals surface area contributed by atoms with E-state index in [4.69, 9.17) is 9.84 Å². The number of carbonyl (C=O) groups is 2. The molecule has 3 atom stereocenters. The number of amides is 2. The van der Waals surface area contributed by atoms with Crippen LogP contribution in [0, 0.1) is 17.3 Å². The maximum absolute atomic E-state index is 13.1. The molecule has 28 heavy (non-hydrogen) atoms. The van der Waals surface area contributed by atoms with Crippen LogP contribution >= 0.6 is 0 Å². The first-order chi connectivity index (χ1) is 13.3. The Hall–Kier alpha value is -1.89. The van der Waals surface area contributed by atoms with Crippen molar-refractivity contribution < 1.29 is 14.3 Å². The van der Waals surface area contributed by atoms with Gasteiger partial charge in [-0.25, -0.2) is 0 Å². The van der Waals surface area contributed by atoms with E-state index in [-0.39, 0.29) is 17.2 Å². The van der Waals surface area contributed by atoms with Crippen molar-refractivity contribution in [1.82, 2.24) is 20.4 Å². The molecule has 7 heteroatoms. The van der Waals surface area contributed by atoms with Crippen LogP contribution < -0.4 is 10.6 Å². The van der Waals surface area contributed by atoms with Gasteiger partial charge in [0.05, 0.1) is 0 Å². The van der Waals surface area contributed by atoms with Crippen molar-refractivity contribution in [2.75, 3.05) is 20.3 Å². The summed E-state index contributed by atoms with van der Waals surface area (Å²) < 4.78 is 7.58. The summed E-state index contributed by atoms with van der Waals surface area (Å²) in [7, 11) is 1.60. The Balaban J connectivity index is 1.57. The van der Waals surface area contributed by atoms with E-state index in [2.05, 4.69) is 15.3 Å². The number of hydrogen-bond acceptors (Lipinski definition) is 4. The molecule has 1 saturated carbocycles. The third kappa shape index (κ3) is 3.56. The molecule has 0 spiro atoms. The Bertz CT molecular complexity index is 773. The molecule has 4 rings (SSSR count). The van der Waals surface area contributed by atoms with Gasteiger partial charge in [0.25, 0.3) is 5.91 Å². The lowest BCUT2D eigenvalue weighted by Crippen LogP contribution is -2.53. The molecule has 1 aromatic rings. The third-order valence-corrected chi connectivity index (χ3v) is 6.47. The Morgan fingerprint density at radius 3 is 2.64 bits per heavy atom. The minimum Gasteiger partial charge on any atom is -0.381 e. The molecule has 0 radical (unpaired) electrons. The predicted octanol–water partition coefficient (Wildman–Crippen LogP) is 1.86. The van der Waals surface area contributed by atoms with Crippen molar-refractivity contribution in [2.24, 2.45) is 17.3 Å². The second-order valence-electron chi connectivity index (χ2n) is 9.64. The molecule has 2 N–H and O–H groups in total. The van der Waals surface area contributed by atoms with Crippen LogP contribution in [-0.2, 0) is 22.5 Å². The molecule has 7 nitrogen and oxygen atoms in total. The average Bonchev–Trinajstić information content (AvgIpc) is 3.17. The fourth-order valence-electron chi connectivity index (χ4n) is 4.71. The summed E-state index contributed by atoms with van der Waals surface area (Å²) in [5.74, 6) is 1.40. The second kappa shape index (κ2) is 7.17. The van der Waals surface area contributed by atoms with Gasteiger partial charge < -0.3 is 15.4 Å². The van der Waals surface area contributed by atoms with Gasteiger partial charge in [-0.2, -0.15) is 5.10 Å². The first kappa shape index (κ1) is 19.4. The van der Waals surface area contributed by atoms with E-state index in [9.17, 15) is 9.59 Å². The van der Waals surface area contributed by atoms with Crippen LogP contribution in [0.15, 0.2) is 0 Å². The second-order valence-corrected chi connectivity index (χ2v) is 9.64. The molecular formula is C21H32N4O3. The monoisotopic (exact) mass is 388 g/mol. The Morgan fingerprint density at radius 2 is 2.00 bits per heavy atom. The minimum atomic E-state index is -0.600. The van der Waals surface area contributed by atoms with Crippen molar-refractivity contribution in [3.05, 3.63) is 17.0 Å². The van der Waals surface area contributed by atoms with Crippen molar-refractivity contribution in [1.29, 1.82) is 0 Å². The number of carbonyl (C=O) groups excluding carboxylic acids is 2. The number of fused-ring (bicyclic) bond motifs is 3.